The number of isocyanates is 2. The van der Waals surface area contributed by atoms with Gasteiger partial charge in [-0.05, 0) is 6.07 Å². The van der Waals surface area contributed by atoms with Crippen molar-refractivity contribution in [1.29, 1.82) is 0 Å². The summed E-state index contributed by atoms with van der Waals surface area (Å²) in [4.78, 5) is 27.4. The van der Waals surface area contributed by atoms with Crippen LogP contribution in [0.5, 0.6) is 11.5 Å². The predicted octanol–water partition coefficient (Wildman–Crippen LogP) is 1.22. The number of methoxy groups -OCH3 is 2. The molecular formula is C10H9N3O4. The van der Waals surface area contributed by atoms with Crippen molar-refractivity contribution in [2.24, 2.45) is 9.98 Å². The fourth-order valence-electron chi connectivity index (χ4n) is 1.32. The van der Waals surface area contributed by atoms with E-state index >= 15 is 0 Å². The van der Waals surface area contributed by atoms with E-state index in [2.05, 4.69) is 9.98 Å². The van der Waals surface area contributed by atoms with Crippen LogP contribution < -0.4 is 15.2 Å². The lowest BCUT2D eigenvalue weighted by atomic mass is 10.2. The maximum Gasteiger partial charge on any atom is 0.240 e. The molecule has 1 rings (SSSR count). The third-order valence-electron chi connectivity index (χ3n) is 1.95. The number of ether oxygens (including phenoxy) is 2. The minimum Gasteiger partial charge on any atom is -0.491 e. The number of hydrogen-bond donors (Lipinski definition) is 1. The summed E-state index contributed by atoms with van der Waals surface area (Å²) in [5.74, 6) is 0.302. The Labute approximate surface area is 96.6 Å². The third kappa shape index (κ3) is 2.31. The van der Waals surface area contributed by atoms with Crippen molar-refractivity contribution in [3.05, 3.63) is 6.07 Å². The van der Waals surface area contributed by atoms with Crippen molar-refractivity contribution >= 4 is 29.2 Å². The molecule has 0 aliphatic heterocycles. The van der Waals surface area contributed by atoms with Crippen LogP contribution in [0, 0.1) is 0 Å². The first kappa shape index (κ1) is 12.4. The Balaban J connectivity index is 3.70. The molecule has 0 radical (unpaired) electrons. The molecule has 0 atom stereocenters. The molecule has 0 heterocycles. The quantitative estimate of drug-likeness (QED) is 0.480. The van der Waals surface area contributed by atoms with Crippen LogP contribution in [0.4, 0.5) is 17.1 Å². The van der Waals surface area contributed by atoms with Gasteiger partial charge in [-0.15, -0.1) is 0 Å². The number of benzene rings is 1. The average Bonchev–Trinajstić information content (AvgIpc) is 2.32. The fourth-order valence-corrected chi connectivity index (χ4v) is 1.32. The van der Waals surface area contributed by atoms with Crippen molar-refractivity contribution in [1.82, 2.24) is 0 Å². The minimum atomic E-state index is 0.0110. The van der Waals surface area contributed by atoms with Gasteiger partial charge in [0.25, 0.3) is 0 Å². The predicted molar refractivity (Wildman–Crippen MR) is 59.5 cm³/mol. The average molecular weight is 235 g/mol. The monoisotopic (exact) mass is 235 g/mol. The summed E-state index contributed by atoms with van der Waals surface area (Å²) in [6.07, 6.45) is 2.67. The van der Waals surface area contributed by atoms with E-state index in [1.54, 1.807) is 0 Å². The van der Waals surface area contributed by atoms with Gasteiger partial charge in [-0.25, -0.2) is 9.59 Å². The molecule has 0 bridgehead atoms. The number of anilines is 1. The Kier molecular flexibility index (Phi) is 4.00. The van der Waals surface area contributed by atoms with Gasteiger partial charge >= 0.3 is 0 Å². The third-order valence-corrected chi connectivity index (χ3v) is 1.95. The summed E-state index contributed by atoms with van der Waals surface area (Å²) >= 11 is 0. The highest BCUT2D eigenvalue weighted by Crippen LogP contribution is 2.47. The normalized spacial score (nSPS) is 8.82. The van der Waals surface area contributed by atoms with Crippen molar-refractivity contribution in [3.8, 4) is 11.5 Å². The zero-order chi connectivity index (χ0) is 12.8. The summed E-state index contributed by atoms with van der Waals surface area (Å²) < 4.78 is 10.0. The number of nitrogens with two attached hydrogens (primary N) is 1. The first-order chi connectivity index (χ1) is 8.19. The fraction of sp³-hybridized carbons (Fsp3) is 0.200. The molecule has 0 aliphatic rings. The van der Waals surface area contributed by atoms with E-state index in [9.17, 15) is 9.59 Å². The van der Waals surface area contributed by atoms with Gasteiger partial charge in [-0.1, -0.05) is 0 Å². The summed E-state index contributed by atoms with van der Waals surface area (Å²) in [7, 11) is 2.72. The van der Waals surface area contributed by atoms with Gasteiger partial charge in [0, 0.05) is 0 Å². The minimum absolute atomic E-state index is 0.0110. The highest BCUT2D eigenvalue weighted by atomic mass is 16.5. The summed E-state index contributed by atoms with van der Waals surface area (Å²) in [5.41, 5.74) is 5.93. The van der Waals surface area contributed by atoms with Gasteiger partial charge in [-0.2, -0.15) is 9.98 Å². The van der Waals surface area contributed by atoms with E-state index in [0.717, 1.165) is 0 Å². The zero-order valence-corrected chi connectivity index (χ0v) is 9.18. The van der Waals surface area contributed by atoms with E-state index in [-0.39, 0.29) is 28.6 Å². The van der Waals surface area contributed by atoms with Crippen molar-refractivity contribution < 1.29 is 19.1 Å². The van der Waals surface area contributed by atoms with E-state index in [1.807, 2.05) is 0 Å². The Bertz CT molecular complexity index is 529. The van der Waals surface area contributed by atoms with E-state index in [0.29, 0.717) is 0 Å². The number of hydrogen-bond acceptors (Lipinski definition) is 7. The van der Waals surface area contributed by atoms with Gasteiger partial charge in [0.2, 0.25) is 12.2 Å². The SMILES string of the molecule is COc1c(N)cc(N=C=O)c(N=C=O)c1OC. The number of nitrogens with zero attached hydrogens (tertiary/aromatic N) is 2. The van der Waals surface area contributed by atoms with Gasteiger partial charge in [-0.3, -0.25) is 0 Å². The Morgan fingerprint density at radius 3 is 2.18 bits per heavy atom. The van der Waals surface area contributed by atoms with Crippen LogP contribution in [0.2, 0.25) is 0 Å². The topological polar surface area (TPSA) is 103 Å². The molecule has 0 fully saturated rings. The number of carbonyl (C=O) groups excluding carboxylic acids is 2. The molecule has 1 aromatic rings. The molecular weight excluding hydrogens is 226 g/mol. The lowest BCUT2D eigenvalue weighted by Gasteiger charge is -2.12. The second-order valence-electron chi connectivity index (χ2n) is 2.81. The molecule has 0 saturated carbocycles. The standard InChI is InChI=1S/C10H9N3O4/c1-16-9-6(11)3-7(12-4-14)8(13-5-15)10(9)17-2/h3H,11H2,1-2H3. The molecule has 88 valence electrons. The van der Waals surface area contributed by atoms with Crippen LogP contribution in [0.1, 0.15) is 0 Å². The van der Waals surface area contributed by atoms with Gasteiger partial charge in [0.05, 0.1) is 19.9 Å². The highest BCUT2D eigenvalue weighted by Gasteiger charge is 2.18. The van der Waals surface area contributed by atoms with E-state index in [4.69, 9.17) is 15.2 Å². The molecule has 0 unspecified atom stereocenters. The van der Waals surface area contributed by atoms with Crippen LogP contribution in [-0.4, -0.2) is 26.4 Å². The molecule has 0 saturated heterocycles. The largest absolute Gasteiger partial charge is 0.491 e. The first-order valence-corrected chi connectivity index (χ1v) is 4.39. The van der Waals surface area contributed by atoms with Crippen molar-refractivity contribution in [3.63, 3.8) is 0 Å². The smallest absolute Gasteiger partial charge is 0.240 e. The molecule has 0 spiro atoms. The van der Waals surface area contributed by atoms with Crippen LogP contribution in [-0.2, 0) is 9.59 Å². The molecule has 17 heavy (non-hydrogen) atoms. The second kappa shape index (κ2) is 5.46. The lowest BCUT2D eigenvalue weighted by molar-refractivity contribution is 0.357. The summed E-state index contributed by atoms with van der Waals surface area (Å²) in [5, 5.41) is 0. The van der Waals surface area contributed by atoms with Gasteiger partial charge in [0.15, 0.2) is 11.5 Å². The van der Waals surface area contributed by atoms with Crippen LogP contribution >= 0.6 is 0 Å². The molecule has 1 aromatic carbocycles. The first-order valence-electron chi connectivity index (χ1n) is 4.39. The molecule has 0 aromatic heterocycles. The van der Waals surface area contributed by atoms with Crippen molar-refractivity contribution in [2.75, 3.05) is 20.0 Å². The molecule has 7 nitrogen and oxygen atoms in total. The van der Waals surface area contributed by atoms with E-state index in [1.165, 1.54) is 32.4 Å². The number of rotatable bonds is 4. The molecule has 0 aliphatic carbocycles. The van der Waals surface area contributed by atoms with Gasteiger partial charge < -0.3 is 15.2 Å². The maximum atomic E-state index is 10.3. The Hall–Kier alpha value is -2.62. The summed E-state index contributed by atoms with van der Waals surface area (Å²) in [6, 6.07) is 1.32. The van der Waals surface area contributed by atoms with Crippen LogP contribution in [0.25, 0.3) is 0 Å². The van der Waals surface area contributed by atoms with Crippen LogP contribution in [0.3, 0.4) is 0 Å². The maximum absolute atomic E-state index is 10.3. The number of nitrogen functional groups attached to an aromatic ring is 1. The van der Waals surface area contributed by atoms with Crippen molar-refractivity contribution in [2.45, 2.75) is 0 Å². The molecule has 0 amide bonds. The highest BCUT2D eigenvalue weighted by molar-refractivity contribution is 5.83. The zero-order valence-electron chi connectivity index (χ0n) is 9.18. The number of aliphatic imine (C=N–C) groups is 2. The van der Waals surface area contributed by atoms with Gasteiger partial charge in [0.1, 0.15) is 11.4 Å². The Morgan fingerprint density at radius 2 is 1.71 bits per heavy atom. The molecule has 2 N–H and O–H groups in total. The van der Waals surface area contributed by atoms with E-state index < -0.39 is 0 Å². The molecule has 7 heteroatoms. The second-order valence-corrected chi connectivity index (χ2v) is 2.81. The Morgan fingerprint density at radius 1 is 1.12 bits per heavy atom. The lowest BCUT2D eigenvalue weighted by Crippen LogP contribution is -1.96. The summed E-state index contributed by atoms with van der Waals surface area (Å²) in [6.45, 7) is 0. The van der Waals surface area contributed by atoms with Crippen LogP contribution in [0.15, 0.2) is 16.1 Å².